The number of nitrogens with one attached hydrogen (secondary N) is 1. The van der Waals surface area contributed by atoms with Crippen molar-refractivity contribution in [3.8, 4) is 0 Å². The van der Waals surface area contributed by atoms with E-state index in [0.29, 0.717) is 0 Å². The summed E-state index contributed by atoms with van der Waals surface area (Å²) in [5.41, 5.74) is 2.10. The van der Waals surface area contributed by atoms with Gasteiger partial charge in [-0.1, -0.05) is 18.2 Å². The molecule has 0 spiro atoms. The average molecular weight is 215 g/mol. The number of rotatable bonds is 5. The molecule has 16 heavy (non-hydrogen) atoms. The molecule has 0 aliphatic heterocycles. The van der Waals surface area contributed by atoms with Crippen molar-refractivity contribution < 1.29 is 0 Å². The van der Waals surface area contributed by atoms with E-state index >= 15 is 0 Å². The first-order chi connectivity index (χ1) is 7.90. The minimum atomic E-state index is 0.833. The number of aromatic nitrogens is 2. The fourth-order valence-corrected chi connectivity index (χ4v) is 1.64. The molecule has 0 amide bonds. The van der Waals surface area contributed by atoms with Crippen LogP contribution in [0.3, 0.4) is 0 Å². The highest BCUT2D eigenvalue weighted by Crippen LogP contribution is 2.03. The van der Waals surface area contributed by atoms with Gasteiger partial charge in [-0.05, 0) is 32.0 Å². The monoisotopic (exact) mass is 215 g/mol. The normalized spacial score (nSPS) is 11.6. The summed E-state index contributed by atoms with van der Waals surface area (Å²) in [6.45, 7) is 3.87. The SMILES string of the molecule is C/C=C/CCNCc1cn2ccccc2n1. The highest BCUT2D eigenvalue weighted by atomic mass is 15.0. The Morgan fingerprint density at radius 3 is 3.19 bits per heavy atom. The maximum Gasteiger partial charge on any atom is 0.137 e. The van der Waals surface area contributed by atoms with Crippen molar-refractivity contribution in [1.82, 2.24) is 14.7 Å². The number of imidazole rings is 1. The summed E-state index contributed by atoms with van der Waals surface area (Å²) in [7, 11) is 0. The Balaban J connectivity index is 1.89. The van der Waals surface area contributed by atoms with Gasteiger partial charge in [-0.2, -0.15) is 0 Å². The van der Waals surface area contributed by atoms with Crippen LogP contribution in [0, 0.1) is 0 Å². The summed E-state index contributed by atoms with van der Waals surface area (Å²) in [5.74, 6) is 0. The van der Waals surface area contributed by atoms with Crippen molar-refractivity contribution >= 4 is 5.65 Å². The first kappa shape index (κ1) is 10.9. The molecule has 3 nitrogen and oxygen atoms in total. The third-order valence-electron chi connectivity index (χ3n) is 2.44. The lowest BCUT2D eigenvalue weighted by atomic mass is 10.3. The molecule has 2 heterocycles. The van der Waals surface area contributed by atoms with Crippen LogP contribution in [0.15, 0.2) is 42.7 Å². The van der Waals surface area contributed by atoms with Gasteiger partial charge in [0.2, 0.25) is 0 Å². The van der Waals surface area contributed by atoms with E-state index in [-0.39, 0.29) is 0 Å². The van der Waals surface area contributed by atoms with Gasteiger partial charge in [0.15, 0.2) is 0 Å². The van der Waals surface area contributed by atoms with Crippen LogP contribution >= 0.6 is 0 Å². The maximum atomic E-state index is 4.51. The predicted molar refractivity (Wildman–Crippen MR) is 66.3 cm³/mol. The molecule has 0 radical (unpaired) electrons. The molecule has 0 aliphatic carbocycles. The van der Waals surface area contributed by atoms with E-state index in [1.807, 2.05) is 35.7 Å². The zero-order chi connectivity index (χ0) is 11.2. The van der Waals surface area contributed by atoms with Gasteiger partial charge in [0, 0.05) is 18.9 Å². The Morgan fingerprint density at radius 2 is 2.38 bits per heavy atom. The Bertz CT molecular complexity index is 438. The van der Waals surface area contributed by atoms with Crippen molar-refractivity contribution in [2.45, 2.75) is 19.9 Å². The van der Waals surface area contributed by atoms with Crippen molar-refractivity contribution in [3.05, 3.63) is 48.4 Å². The molecule has 0 unspecified atom stereocenters. The Hall–Kier alpha value is -1.61. The minimum Gasteiger partial charge on any atom is -0.311 e. The topological polar surface area (TPSA) is 29.3 Å². The van der Waals surface area contributed by atoms with Crippen LogP contribution in [0.2, 0.25) is 0 Å². The Morgan fingerprint density at radius 1 is 1.44 bits per heavy atom. The van der Waals surface area contributed by atoms with Crippen molar-refractivity contribution in [1.29, 1.82) is 0 Å². The van der Waals surface area contributed by atoms with Crippen molar-refractivity contribution in [2.75, 3.05) is 6.54 Å². The number of fused-ring (bicyclic) bond motifs is 1. The van der Waals surface area contributed by atoms with Crippen LogP contribution in [0.5, 0.6) is 0 Å². The lowest BCUT2D eigenvalue weighted by Gasteiger charge is -1.98. The quantitative estimate of drug-likeness (QED) is 0.613. The number of allylic oxidation sites excluding steroid dienone is 1. The molecule has 0 aliphatic rings. The van der Waals surface area contributed by atoms with Gasteiger partial charge in [-0.15, -0.1) is 0 Å². The van der Waals surface area contributed by atoms with E-state index in [1.165, 1.54) is 0 Å². The van der Waals surface area contributed by atoms with Crippen LogP contribution < -0.4 is 5.32 Å². The van der Waals surface area contributed by atoms with Gasteiger partial charge >= 0.3 is 0 Å². The van der Waals surface area contributed by atoms with Crippen molar-refractivity contribution in [2.24, 2.45) is 0 Å². The molecule has 1 N–H and O–H groups in total. The van der Waals surface area contributed by atoms with Crippen LogP contribution in [-0.4, -0.2) is 15.9 Å². The summed E-state index contributed by atoms with van der Waals surface area (Å²) in [6.07, 6.45) is 9.40. The second-order valence-electron chi connectivity index (χ2n) is 3.73. The van der Waals surface area contributed by atoms with Gasteiger partial charge in [0.25, 0.3) is 0 Å². The molecule has 0 bridgehead atoms. The van der Waals surface area contributed by atoms with Gasteiger partial charge in [-0.3, -0.25) is 0 Å². The third-order valence-corrected chi connectivity index (χ3v) is 2.44. The van der Waals surface area contributed by atoms with Gasteiger partial charge in [0.05, 0.1) is 5.69 Å². The summed E-state index contributed by atoms with van der Waals surface area (Å²) in [4.78, 5) is 4.51. The predicted octanol–water partition coefficient (Wildman–Crippen LogP) is 2.39. The highest BCUT2D eigenvalue weighted by molar-refractivity contribution is 5.39. The molecular weight excluding hydrogens is 198 g/mol. The smallest absolute Gasteiger partial charge is 0.137 e. The Kier molecular flexibility index (Phi) is 3.72. The molecule has 2 aromatic heterocycles. The maximum absolute atomic E-state index is 4.51. The summed E-state index contributed by atoms with van der Waals surface area (Å²) < 4.78 is 2.04. The van der Waals surface area contributed by atoms with Gasteiger partial charge in [0.1, 0.15) is 5.65 Å². The zero-order valence-corrected chi connectivity index (χ0v) is 9.56. The summed E-state index contributed by atoms with van der Waals surface area (Å²) in [6, 6.07) is 6.03. The van der Waals surface area contributed by atoms with E-state index in [4.69, 9.17) is 0 Å². The van der Waals surface area contributed by atoms with E-state index < -0.39 is 0 Å². The molecule has 0 saturated heterocycles. The molecule has 0 aromatic carbocycles. The van der Waals surface area contributed by atoms with E-state index in [0.717, 1.165) is 30.9 Å². The van der Waals surface area contributed by atoms with E-state index in [1.54, 1.807) is 0 Å². The van der Waals surface area contributed by atoms with Crippen LogP contribution in [0.4, 0.5) is 0 Å². The second-order valence-corrected chi connectivity index (χ2v) is 3.73. The average Bonchev–Trinajstić information content (AvgIpc) is 2.71. The molecule has 84 valence electrons. The summed E-state index contributed by atoms with van der Waals surface area (Å²) >= 11 is 0. The van der Waals surface area contributed by atoms with Crippen LogP contribution in [-0.2, 0) is 6.54 Å². The van der Waals surface area contributed by atoms with Crippen LogP contribution in [0.1, 0.15) is 19.0 Å². The minimum absolute atomic E-state index is 0.833. The third kappa shape index (κ3) is 2.70. The van der Waals surface area contributed by atoms with Crippen LogP contribution in [0.25, 0.3) is 5.65 Å². The first-order valence-electron chi connectivity index (χ1n) is 5.64. The molecule has 3 heteroatoms. The fraction of sp³-hybridized carbons (Fsp3) is 0.308. The summed E-state index contributed by atoms with van der Waals surface area (Å²) in [5, 5.41) is 3.37. The van der Waals surface area contributed by atoms with Gasteiger partial charge < -0.3 is 9.72 Å². The molecule has 0 fully saturated rings. The number of hydrogen-bond acceptors (Lipinski definition) is 2. The Labute approximate surface area is 95.8 Å². The molecular formula is C13H17N3. The van der Waals surface area contributed by atoms with Gasteiger partial charge in [-0.25, -0.2) is 4.98 Å². The lowest BCUT2D eigenvalue weighted by molar-refractivity contribution is 0.685. The lowest BCUT2D eigenvalue weighted by Crippen LogP contribution is -2.14. The highest BCUT2D eigenvalue weighted by Gasteiger charge is 1.98. The van der Waals surface area contributed by atoms with Crippen molar-refractivity contribution in [3.63, 3.8) is 0 Å². The largest absolute Gasteiger partial charge is 0.311 e. The first-order valence-corrected chi connectivity index (χ1v) is 5.64. The van der Waals surface area contributed by atoms with E-state index in [2.05, 4.69) is 28.6 Å². The zero-order valence-electron chi connectivity index (χ0n) is 9.56. The van der Waals surface area contributed by atoms with E-state index in [9.17, 15) is 0 Å². The standard InChI is InChI=1S/C13H17N3/c1-2-3-5-8-14-10-12-11-16-9-6-4-7-13(16)15-12/h2-4,6-7,9,11,14H,5,8,10H2,1H3/b3-2+. The number of pyridine rings is 1. The number of nitrogens with zero attached hydrogens (tertiary/aromatic N) is 2. The molecule has 2 rings (SSSR count). The second kappa shape index (κ2) is 5.47. The molecule has 2 aromatic rings. The fourth-order valence-electron chi connectivity index (χ4n) is 1.64. The number of hydrogen-bond donors (Lipinski definition) is 1. The molecule has 0 atom stereocenters. The molecule has 0 saturated carbocycles.